The highest BCUT2D eigenvalue weighted by molar-refractivity contribution is 7.92. The minimum Gasteiger partial charge on any atom is -0.491 e. The monoisotopic (exact) mass is 520 g/mol. The summed E-state index contributed by atoms with van der Waals surface area (Å²) in [5.41, 5.74) is 1.96. The molecule has 0 saturated carbocycles. The summed E-state index contributed by atoms with van der Waals surface area (Å²) < 4.78 is 44.1. The fraction of sp³-hybridized carbons (Fsp3) is 0.304. The van der Waals surface area contributed by atoms with E-state index in [0.717, 1.165) is 10.9 Å². The molecule has 3 aromatic rings. The topological polar surface area (TPSA) is 110 Å². The number of ether oxygens (including phenoxy) is 1. The van der Waals surface area contributed by atoms with Gasteiger partial charge in [-0.3, -0.25) is 0 Å². The number of aromatic nitrogens is 2. The number of sulfone groups is 1. The number of fused-ring (bicyclic) bond motifs is 1. The number of anilines is 4. The largest absolute Gasteiger partial charge is 0.491 e. The van der Waals surface area contributed by atoms with Gasteiger partial charge in [0, 0.05) is 17.3 Å². The van der Waals surface area contributed by atoms with Crippen molar-refractivity contribution in [1.82, 2.24) is 9.97 Å². The van der Waals surface area contributed by atoms with Gasteiger partial charge >= 0.3 is 0 Å². The summed E-state index contributed by atoms with van der Waals surface area (Å²) in [6.45, 7) is 7.26. The fourth-order valence-corrected chi connectivity index (χ4v) is 6.35. The molecule has 2 N–H and O–H groups in total. The second-order valence-electron chi connectivity index (χ2n) is 8.62. The van der Waals surface area contributed by atoms with E-state index in [-0.39, 0.29) is 21.7 Å². The van der Waals surface area contributed by atoms with E-state index in [0.29, 0.717) is 30.2 Å². The summed E-state index contributed by atoms with van der Waals surface area (Å²) in [6.07, 6.45) is 2.11. The Hall–Kier alpha value is -2.61. The first-order chi connectivity index (χ1) is 16.0. The van der Waals surface area contributed by atoms with Crippen LogP contribution in [0.4, 0.5) is 23.1 Å². The Bertz CT molecular complexity index is 1410. The van der Waals surface area contributed by atoms with E-state index < -0.39 is 22.2 Å². The average molecular weight is 521 g/mol. The Morgan fingerprint density at radius 2 is 1.82 bits per heavy atom. The highest BCUT2D eigenvalue weighted by Gasteiger charge is 2.26. The lowest BCUT2D eigenvalue weighted by molar-refractivity contribution is 0.358. The zero-order chi connectivity index (χ0) is 24.7. The van der Waals surface area contributed by atoms with E-state index in [1.54, 1.807) is 57.5 Å². The third-order valence-electron chi connectivity index (χ3n) is 5.47. The van der Waals surface area contributed by atoms with Gasteiger partial charge in [-0.15, -0.1) is 0 Å². The normalized spacial score (nSPS) is 13.5. The van der Waals surface area contributed by atoms with Crippen molar-refractivity contribution in [2.75, 3.05) is 30.6 Å². The number of benzene rings is 2. The third kappa shape index (κ3) is 4.78. The Morgan fingerprint density at radius 3 is 2.53 bits per heavy atom. The molecule has 2 heterocycles. The molecule has 4 rings (SSSR count). The first-order valence-corrected chi connectivity index (χ1v) is 15.2. The summed E-state index contributed by atoms with van der Waals surface area (Å²) in [7, 11) is -5.98. The van der Waals surface area contributed by atoms with Crippen LogP contribution in [0.5, 0.6) is 5.75 Å². The first kappa shape index (κ1) is 24.5. The van der Waals surface area contributed by atoms with Crippen LogP contribution in [0, 0.1) is 0 Å². The zero-order valence-electron chi connectivity index (χ0n) is 19.3. The highest BCUT2D eigenvalue weighted by Crippen LogP contribution is 2.43. The maximum atomic E-state index is 12.8. The predicted molar refractivity (Wildman–Crippen MR) is 137 cm³/mol. The van der Waals surface area contributed by atoms with Crippen molar-refractivity contribution in [3.63, 3.8) is 0 Å². The Kier molecular flexibility index (Phi) is 6.64. The number of hydrogen-bond acceptors (Lipinski definition) is 8. The van der Waals surface area contributed by atoms with Gasteiger partial charge < -0.3 is 19.9 Å². The molecule has 1 aliphatic heterocycles. The van der Waals surface area contributed by atoms with Crippen LogP contribution in [0.2, 0.25) is 5.02 Å². The standard InChI is InChI=1S/C23H26ClN4O4PS/c1-14(2)34(30,31)20-8-6-5-7-17(20)26-22-16(24)13-25-23(28-22)27-18-9-10-19(33(3,4)29)15-11-12-32-21(15)18/h5-10,13-14H,11-12H2,1-4H3,(H2,25,26,27,28). The van der Waals surface area contributed by atoms with Crippen LogP contribution in [0.3, 0.4) is 0 Å². The molecule has 0 bridgehead atoms. The fourth-order valence-electron chi connectivity index (χ4n) is 3.72. The van der Waals surface area contributed by atoms with E-state index in [9.17, 15) is 13.0 Å². The second-order valence-corrected chi connectivity index (χ2v) is 14.7. The lowest BCUT2D eigenvalue weighted by atomic mass is 10.1. The molecule has 0 saturated heterocycles. The molecule has 11 heteroatoms. The molecule has 180 valence electrons. The van der Waals surface area contributed by atoms with Gasteiger partial charge in [0.2, 0.25) is 5.95 Å². The van der Waals surface area contributed by atoms with Gasteiger partial charge in [-0.2, -0.15) is 4.98 Å². The number of halogens is 1. The van der Waals surface area contributed by atoms with Crippen molar-refractivity contribution in [1.29, 1.82) is 0 Å². The van der Waals surface area contributed by atoms with Crippen molar-refractivity contribution >= 4 is 57.0 Å². The minimum absolute atomic E-state index is 0.166. The Morgan fingerprint density at radius 1 is 1.09 bits per heavy atom. The van der Waals surface area contributed by atoms with Crippen LogP contribution < -0.4 is 20.7 Å². The molecule has 0 unspecified atom stereocenters. The molecule has 0 fully saturated rings. The molecule has 8 nitrogen and oxygen atoms in total. The number of nitrogens with one attached hydrogen (secondary N) is 2. The second kappa shape index (κ2) is 9.21. The molecule has 2 aromatic carbocycles. The van der Waals surface area contributed by atoms with Crippen LogP contribution in [-0.4, -0.2) is 43.6 Å². The first-order valence-electron chi connectivity index (χ1n) is 10.7. The van der Waals surface area contributed by atoms with Gasteiger partial charge in [0.05, 0.1) is 34.3 Å². The average Bonchev–Trinajstić information content (AvgIpc) is 3.26. The lowest BCUT2D eigenvalue weighted by Crippen LogP contribution is -2.15. The number of hydrogen-bond donors (Lipinski definition) is 2. The smallest absolute Gasteiger partial charge is 0.229 e. The van der Waals surface area contributed by atoms with E-state index >= 15 is 0 Å². The maximum absolute atomic E-state index is 12.8. The third-order valence-corrected chi connectivity index (χ3v) is 9.54. The van der Waals surface area contributed by atoms with Gasteiger partial charge in [0.25, 0.3) is 0 Å². The van der Waals surface area contributed by atoms with Gasteiger partial charge in [-0.25, -0.2) is 13.4 Å². The predicted octanol–water partition coefficient (Wildman–Crippen LogP) is 4.98. The molecule has 0 amide bonds. The van der Waals surface area contributed by atoms with Crippen LogP contribution in [0.15, 0.2) is 47.5 Å². The number of rotatable bonds is 7. The van der Waals surface area contributed by atoms with Crippen molar-refractivity contribution in [3.8, 4) is 5.75 Å². The van der Waals surface area contributed by atoms with E-state index in [4.69, 9.17) is 16.3 Å². The van der Waals surface area contributed by atoms with E-state index in [1.807, 2.05) is 6.07 Å². The lowest BCUT2D eigenvalue weighted by Gasteiger charge is -2.17. The molecule has 1 aliphatic rings. The SMILES string of the molecule is CC(C)S(=O)(=O)c1ccccc1Nc1nc(Nc2ccc(P(C)(C)=O)c3c2OCC3)ncc1Cl. The van der Waals surface area contributed by atoms with Gasteiger partial charge in [0.15, 0.2) is 15.7 Å². The maximum Gasteiger partial charge on any atom is 0.229 e. The van der Waals surface area contributed by atoms with Gasteiger partial charge in [0.1, 0.15) is 17.9 Å². The minimum atomic E-state index is -3.53. The Balaban J connectivity index is 1.67. The molecule has 1 aromatic heterocycles. The number of nitrogens with zero attached hydrogens (tertiary/aromatic N) is 2. The molecule has 0 spiro atoms. The van der Waals surface area contributed by atoms with Crippen LogP contribution in [-0.2, 0) is 20.8 Å². The highest BCUT2D eigenvalue weighted by atomic mass is 35.5. The van der Waals surface area contributed by atoms with Crippen molar-refractivity contribution in [2.24, 2.45) is 0 Å². The zero-order valence-corrected chi connectivity index (χ0v) is 21.8. The van der Waals surface area contributed by atoms with Crippen molar-refractivity contribution in [2.45, 2.75) is 30.4 Å². The van der Waals surface area contributed by atoms with Gasteiger partial charge in [-0.1, -0.05) is 23.7 Å². The van der Waals surface area contributed by atoms with E-state index in [2.05, 4.69) is 20.6 Å². The van der Waals surface area contributed by atoms with Gasteiger partial charge in [-0.05, 0) is 51.4 Å². The molecule has 0 atom stereocenters. The van der Waals surface area contributed by atoms with E-state index in [1.165, 1.54) is 6.20 Å². The quantitative estimate of drug-likeness (QED) is 0.420. The summed E-state index contributed by atoms with van der Waals surface area (Å²) in [5, 5.41) is 6.65. The number of para-hydroxylation sites is 1. The summed E-state index contributed by atoms with van der Waals surface area (Å²) >= 11 is 6.32. The van der Waals surface area contributed by atoms with Crippen LogP contribution in [0.1, 0.15) is 19.4 Å². The molecule has 0 aliphatic carbocycles. The van der Waals surface area contributed by atoms with Crippen molar-refractivity contribution in [3.05, 3.63) is 53.2 Å². The molecular formula is C23H26ClN4O4PS. The Labute approximate surface area is 204 Å². The molecule has 0 radical (unpaired) electrons. The summed E-state index contributed by atoms with van der Waals surface area (Å²) in [4.78, 5) is 8.87. The summed E-state index contributed by atoms with van der Waals surface area (Å²) in [6, 6.07) is 10.3. The molecular weight excluding hydrogens is 495 g/mol. The van der Waals surface area contributed by atoms with Crippen LogP contribution in [0.25, 0.3) is 0 Å². The van der Waals surface area contributed by atoms with Crippen LogP contribution >= 0.6 is 18.7 Å². The summed E-state index contributed by atoms with van der Waals surface area (Å²) in [5.74, 6) is 1.15. The molecule has 34 heavy (non-hydrogen) atoms. The van der Waals surface area contributed by atoms with Crippen molar-refractivity contribution < 1.29 is 17.7 Å².